The van der Waals surface area contributed by atoms with Crippen LogP contribution >= 0.6 is 0 Å². The Morgan fingerprint density at radius 3 is 2.33 bits per heavy atom. The lowest BCUT2D eigenvalue weighted by atomic mass is 9.96. The van der Waals surface area contributed by atoms with Crippen LogP contribution in [0.5, 0.6) is 0 Å². The van der Waals surface area contributed by atoms with Gasteiger partial charge in [0, 0.05) is 37.8 Å². The van der Waals surface area contributed by atoms with E-state index in [2.05, 4.69) is 15.8 Å². The van der Waals surface area contributed by atoms with Gasteiger partial charge in [0.2, 0.25) is 11.8 Å². The molecule has 1 heterocycles. The number of aromatic carboxylic acids is 1. The average molecular weight is 526 g/mol. The van der Waals surface area contributed by atoms with Crippen molar-refractivity contribution < 1.29 is 28.8 Å². The van der Waals surface area contributed by atoms with Crippen molar-refractivity contribution in [3.8, 4) is 17.2 Å². The largest absolute Gasteiger partial charge is 0.478 e. The van der Waals surface area contributed by atoms with Gasteiger partial charge in [0.25, 0.3) is 5.91 Å². The molecule has 39 heavy (non-hydrogen) atoms. The van der Waals surface area contributed by atoms with E-state index in [0.717, 1.165) is 17.2 Å². The van der Waals surface area contributed by atoms with Crippen LogP contribution < -0.4 is 15.5 Å². The zero-order valence-electron chi connectivity index (χ0n) is 21.4. The highest BCUT2D eigenvalue weighted by Gasteiger charge is 2.22. The maximum Gasteiger partial charge on any atom is 0.337 e. The Balaban J connectivity index is 1.78. The van der Waals surface area contributed by atoms with E-state index in [0.29, 0.717) is 16.9 Å². The standard InChI is InChI=1S/C28H23N5O6/c1-14-9-18(33(4)16(3)35)6-7-19(14)20-12-25-22(11-24(20)30-15(2)34)26(32-39-25)27(36)31-23-8-5-17(13-29)10-21(23)28(37)38/h5-12H,1-4H3,(H,30,34)(H,31,36)(H,37,38). The third-order valence-electron chi connectivity index (χ3n) is 6.12. The second-order valence-corrected chi connectivity index (χ2v) is 8.82. The van der Waals surface area contributed by atoms with Gasteiger partial charge in [-0.25, -0.2) is 4.79 Å². The van der Waals surface area contributed by atoms with Crippen LogP contribution in [-0.4, -0.2) is 41.0 Å². The lowest BCUT2D eigenvalue weighted by Gasteiger charge is -2.18. The molecule has 3 aromatic carbocycles. The Hall–Kier alpha value is -5.50. The molecule has 4 rings (SSSR count). The third-order valence-corrected chi connectivity index (χ3v) is 6.12. The van der Waals surface area contributed by atoms with Crippen molar-refractivity contribution in [1.82, 2.24) is 5.16 Å². The molecule has 0 aliphatic carbocycles. The molecule has 0 saturated carbocycles. The zero-order valence-corrected chi connectivity index (χ0v) is 21.4. The summed E-state index contributed by atoms with van der Waals surface area (Å²) in [6, 6.07) is 14.4. The quantitative estimate of drug-likeness (QED) is 0.329. The van der Waals surface area contributed by atoms with Gasteiger partial charge in [-0.05, 0) is 60.5 Å². The minimum absolute atomic E-state index is 0.0207. The number of rotatable bonds is 6. The Labute approximate surface area is 222 Å². The van der Waals surface area contributed by atoms with Crippen molar-refractivity contribution in [2.75, 3.05) is 22.6 Å². The molecule has 0 spiro atoms. The van der Waals surface area contributed by atoms with Crippen molar-refractivity contribution in [2.45, 2.75) is 20.8 Å². The number of nitrogens with one attached hydrogen (secondary N) is 2. The molecule has 0 radical (unpaired) electrons. The second kappa shape index (κ2) is 10.5. The Kier molecular flexibility index (Phi) is 7.13. The Bertz CT molecular complexity index is 1720. The fraction of sp³-hybridized carbons (Fsp3) is 0.143. The molecular formula is C28H23N5O6. The minimum Gasteiger partial charge on any atom is -0.478 e. The number of nitriles is 1. The van der Waals surface area contributed by atoms with Crippen LogP contribution in [0.15, 0.2) is 53.1 Å². The first kappa shape index (κ1) is 26.6. The molecule has 0 bridgehead atoms. The highest BCUT2D eigenvalue weighted by molar-refractivity contribution is 6.14. The van der Waals surface area contributed by atoms with Gasteiger partial charge in [-0.2, -0.15) is 5.26 Å². The molecule has 0 unspecified atom stereocenters. The Morgan fingerprint density at radius 2 is 1.72 bits per heavy atom. The number of hydrogen-bond donors (Lipinski definition) is 3. The number of carbonyl (C=O) groups is 4. The molecule has 1 aromatic heterocycles. The molecule has 0 saturated heterocycles. The summed E-state index contributed by atoms with van der Waals surface area (Å²) in [5, 5.41) is 28.0. The average Bonchev–Trinajstić information content (AvgIpc) is 3.30. The predicted molar refractivity (Wildman–Crippen MR) is 144 cm³/mol. The SMILES string of the molecule is CC(=O)Nc1cc2c(C(=O)Nc3ccc(C#N)cc3C(=O)O)noc2cc1-c1ccc(N(C)C(C)=O)cc1C. The smallest absolute Gasteiger partial charge is 0.337 e. The number of amides is 3. The monoisotopic (exact) mass is 525 g/mol. The summed E-state index contributed by atoms with van der Waals surface area (Å²) in [5.74, 6) is -2.52. The number of hydrogen-bond acceptors (Lipinski definition) is 7. The highest BCUT2D eigenvalue weighted by Crippen LogP contribution is 2.37. The molecule has 0 atom stereocenters. The van der Waals surface area contributed by atoms with E-state index >= 15 is 0 Å². The molecule has 0 aliphatic rings. The van der Waals surface area contributed by atoms with Crippen LogP contribution in [0.3, 0.4) is 0 Å². The maximum absolute atomic E-state index is 13.1. The number of carbonyl (C=O) groups excluding carboxylic acids is 3. The van der Waals surface area contributed by atoms with Crippen molar-refractivity contribution >= 4 is 51.7 Å². The first-order valence-electron chi connectivity index (χ1n) is 11.6. The van der Waals surface area contributed by atoms with Gasteiger partial charge in [-0.3, -0.25) is 14.4 Å². The van der Waals surface area contributed by atoms with Crippen molar-refractivity contribution in [1.29, 1.82) is 5.26 Å². The van der Waals surface area contributed by atoms with E-state index in [1.807, 2.05) is 25.1 Å². The van der Waals surface area contributed by atoms with Crippen LogP contribution in [0.25, 0.3) is 22.1 Å². The minimum atomic E-state index is -1.32. The number of fused-ring (bicyclic) bond motifs is 1. The number of nitrogens with zero attached hydrogens (tertiary/aromatic N) is 3. The number of benzene rings is 3. The summed E-state index contributed by atoms with van der Waals surface area (Å²) in [7, 11) is 1.67. The topological polar surface area (TPSA) is 166 Å². The normalized spacial score (nSPS) is 10.5. The van der Waals surface area contributed by atoms with Gasteiger partial charge in [0.05, 0.1) is 28.3 Å². The lowest BCUT2D eigenvalue weighted by molar-refractivity contribution is -0.116. The zero-order chi connectivity index (χ0) is 28.4. The van der Waals surface area contributed by atoms with Gasteiger partial charge >= 0.3 is 5.97 Å². The molecular weight excluding hydrogens is 502 g/mol. The lowest BCUT2D eigenvalue weighted by Crippen LogP contribution is -2.22. The predicted octanol–water partition coefficient (Wildman–Crippen LogP) is 4.57. The van der Waals surface area contributed by atoms with Gasteiger partial charge in [-0.1, -0.05) is 11.2 Å². The van der Waals surface area contributed by atoms with Gasteiger partial charge in [-0.15, -0.1) is 0 Å². The summed E-state index contributed by atoms with van der Waals surface area (Å²) < 4.78 is 5.44. The first-order chi connectivity index (χ1) is 18.5. The summed E-state index contributed by atoms with van der Waals surface area (Å²) in [4.78, 5) is 50.1. The highest BCUT2D eigenvalue weighted by atomic mass is 16.5. The summed E-state index contributed by atoms with van der Waals surface area (Å²) in [5.41, 5.74) is 3.26. The van der Waals surface area contributed by atoms with Crippen LogP contribution in [0.4, 0.5) is 17.1 Å². The summed E-state index contributed by atoms with van der Waals surface area (Å²) >= 11 is 0. The van der Waals surface area contributed by atoms with Crippen molar-refractivity contribution in [3.05, 3.63) is 70.9 Å². The van der Waals surface area contributed by atoms with E-state index < -0.39 is 11.9 Å². The van der Waals surface area contributed by atoms with Crippen molar-refractivity contribution in [2.24, 2.45) is 0 Å². The van der Waals surface area contributed by atoms with Crippen LogP contribution in [0, 0.1) is 18.3 Å². The molecule has 3 N–H and O–H groups in total. The fourth-order valence-corrected chi connectivity index (χ4v) is 4.09. The molecule has 4 aromatic rings. The van der Waals surface area contributed by atoms with E-state index in [4.69, 9.17) is 9.78 Å². The van der Waals surface area contributed by atoms with Gasteiger partial charge < -0.3 is 25.2 Å². The maximum atomic E-state index is 13.1. The van der Waals surface area contributed by atoms with E-state index in [1.54, 1.807) is 25.2 Å². The van der Waals surface area contributed by atoms with Gasteiger partial charge in [0.15, 0.2) is 11.3 Å². The fourth-order valence-electron chi connectivity index (χ4n) is 4.09. The van der Waals surface area contributed by atoms with Crippen molar-refractivity contribution in [3.63, 3.8) is 0 Å². The second-order valence-electron chi connectivity index (χ2n) is 8.82. The van der Waals surface area contributed by atoms with E-state index in [1.165, 1.54) is 30.9 Å². The van der Waals surface area contributed by atoms with Crippen LogP contribution in [-0.2, 0) is 9.59 Å². The Morgan fingerprint density at radius 1 is 0.974 bits per heavy atom. The number of aryl methyl sites for hydroxylation is 1. The number of carboxylic acids is 1. The van der Waals surface area contributed by atoms with Gasteiger partial charge in [0.1, 0.15) is 0 Å². The summed E-state index contributed by atoms with van der Waals surface area (Å²) in [6.07, 6.45) is 0. The number of aromatic nitrogens is 1. The molecule has 0 aliphatic heterocycles. The number of carboxylic acid groups (broad SMARTS) is 1. The summed E-state index contributed by atoms with van der Waals surface area (Å²) in [6.45, 7) is 4.68. The molecule has 0 fully saturated rings. The van der Waals surface area contributed by atoms with E-state index in [9.17, 15) is 24.3 Å². The first-order valence-corrected chi connectivity index (χ1v) is 11.6. The third kappa shape index (κ3) is 5.30. The van der Waals surface area contributed by atoms with Crippen LogP contribution in [0.1, 0.15) is 45.8 Å². The van der Waals surface area contributed by atoms with E-state index in [-0.39, 0.29) is 45.3 Å². The molecule has 11 nitrogen and oxygen atoms in total. The molecule has 3 amide bonds. The molecule has 196 valence electrons. The molecule has 11 heteroatoms. The number of anilines is 3. The van der Waals surface area contributed by atoms with Crippen LogP contribution in [0.2, 0.25) is 0 Å².